The summed E-state index contributed by atoms with van der Waals surface area (Å²) in [4.78, 5) is 12.0. The van der Waals surface area contributed by atoms with Crippen molar-refractivity contribution < 1.29 is 14.3 Å². The Hall–Kier alpha value is -2.73. The molecule has 0 unspecified atom stereocenters. The number of carbonyl (C=O) groups excluding carboxylic acids is 1. The van der Waals surface area contributed by atoms with Crippen LogP contribution in [0.2, 0.25) is 5.02 Å². The predicted molar refractivity (Wildman–Crippen MR) is 109 cm³/mol. The largest absolute Gasteiger partial charge is 0.493 e. The van der Waals surface area contributed by atoms with Crippen molar-refractivity contribution in [3.8, 4) is 11.5 Å². The molecule has 144 valence electrons. The molecule has 0 heterocycles. The molecular weight excluding hydrogens is 366 g/mol. The van der Waals surface area contributed by atoms with Gasteiger partial charge in [0.25, 0.3) is 5.91 Å². The fourth-order valence-electron chi connectivity index (χ4n) is 2.86. The summed E-state index contributed by atoms with van der Waals surface area (Å²) < 4.78 is 10.4. The lowest BCUT2D eigenvalue weighted by atomic mass is 10.1. The monoisotopic (exact) mass is 389 g/mol. The first-order chi connectivity index (χ1) is 12.8. The number of ether oxygens (including phenoxy) is 2. The SMILES string of the molecule is COc1cc(/C=N\NC(=O)CNc2c(C)cc(C)cc2C)cc(Cl)c1OC. The summed E-state index contributed by atoms with van der Waals surface area (Å²) in [5, 5.41) is 7.52. The van der Waals surface area contributed by atoms with Gasteiger partial charge in [0.05, 0.1) is 32.0 Å². The first-order valence-corrected chi connectivity index (χ1v) is 8.78. The molecule has 0 saturated carbocycles. The van der Waals surface area contributed by atoms with Crippen LogP contribution >= 0.6 is 11.6 Å². The Bertz CT molecular complexity index is 843. The molecule has 0 saturated heterocycles. The summed E-state index contributed by atoms with van der Waals surface area (Å²) in [5.41, 5.74) is 7.53. The van der Waals surface area contributed by atoms with Crippen molar-refractivity contribution in [2.24, 2.45) is 5.10 Å². The quantitative estimate of drug-likeness (QED) is 0.557. The summed E-state index contributed by atoms with van der Waals surface area (Å²) in [6.45, 7) is 6.19. The van der Waals surface area contributed by atoms with Crippen LogP contribution in [0.1, 0.15) is 22.3 Å². The molecule has 2 aromatic rings. The molecule has 2 N–H and O–H groups in total. The van der Waals surface area contributed by atoms with E-state index in [1.54, 1.807) is 12.1 Å². The Morgan fingerprint density at radius 2 is 1.78 bits per heavy atom. The van der Waals surface area contributed by atoms with Crippen LogP contribution in [0.3, 0.4) is 0 Å². The number of anilines is 1. The third-order valence-corrected chi connectivity index (χ3v) is 4.24. The molecule has 2 aromatic carbocycles. The lowest BCUT2D eigenvalue weighted by molar-refractivity contribution is -0.119. The van der Waals surface area contributed by atoms with E-state index in [4.69, 9.17) is 21.1 Å². The Kier molecular flexibility index (Phi) is 7.07. The van der Waals surface area contributed by atoms with Crippen LogP contribution in [0, 0.1) is 20.8 Å². The normalized spacial score (nSPS) is 10.7. The van der Waals surface area contributed by atoms with Gasteiger partial charge in [-0.3, -0.25) is 4.79 Å². The molecule has 2 rings (SSSR count). The van der Waals surface area contributed by atoms with Gasteiger partial charge in [0.15, 0.2) is 11.5 Å². The highest BCUT2D eigenvalue weighted by Crippen LogP contribution is 2.35. The molecule has 0 atom stereocenters. The number of rotatable bonds is 7. The van der Waals surface area contributed by atoms with Crippen LogP contribution in [0.15, 0.2) is 29.4 Å². The van der Waals surface area contributed by atoms with E-state index >= 15 is 0 Å². The minimum absolute atomic E-state index is 0.120. The summed E-state index contributed by atoms with van der Waals surface area (Å²) in [6.07, 6.45) is 1.49. The number of amides is 1. The zero-order chi connectivity index (χ0) is 20.0. The van der Waals surface area contributed by atoms with Gasteiger partial charge >= 0.3 is 0 Å². The van der Waals surface area contributed by atoms with Gasteiger partial charge in [-0.05, 0) is 49.6 Å². The number of methoxy groups -OCH3 is 2. The fourth-order valence-corrected chi connectivity index (χ4v) is 3.15. The van der Waals surface area contributed by atoms with Crippen molar-refractivity contribution in [3.63, 3.8) is 0 Å². The molecule has 0 aromatic heterocycles. The third-order valence-electron chi connectivity index (χ3n) is 3.96. The average Bonchev–Trinajstić information content (AvgIpc) is 2.60. The lowest BCUT2D eigenvalue weighted by Gasteiger charge is -2.13. The summed E-state index contributed by atoms with van der Waals surface area (Å²) in [5.74, 6) is 0.690. The number of nitrogens with one attached hydrogen (secondary N) is 2. The minimum Gasteiger partial charge on any atom is -0.493 e. The smallest absolute Gasteiger partial charge is 0.259 e. The predicted octanol–water partition coefficient (Wildman–Crippen LogP) is 3.84. The Labute approximate surface area is 164 Å². The molecule has 6 nitrogen and oxygen atoms in total. The lowest BCUT2D eigenvalue weighted by Crippen LogP contribution is -2.26. The fraction of sp³-hybridized carbons (Fsp3) is 0.300. The van der Waals surface area contributed by atoms with Crippen molar-refractivity contribution in [1.29, 1.82) is 0 Å². The number of hydrazone groups is 1. The van der Waals surface area contributed by atoms with Crippen molar-refractivity contribution in [2.75, 3.05) is 26.1 Å². The van der Waals surface area contributed by atoms with Gasteiger partial charge in [-0.1, -0.05) is 29.3 Å². The zero-order valence-corrected chi connectivity index (χ0v) is 16.9. The third kappa shape index (κ3) is 5.37. The molecule has 0 spiro atoms. The first-order valence-electron chi connectivity index (χ1n) is 8.40. The Morgan fingerprint density at radius 1 is 1.11 bits per heavy atom. The highest BCUT2D eigenvalue weighted by atomic mass is 35.5. The second-order valence-electron chi connectivity index (χ2n) is 6.16. The molecule has 0 aliphatic rings. The maximum absolute atomic E-state index is 12.0. The van der Waals surface area contributed by atoms with Gasteiger partial charge in [0.2, 0.25) is 0 Å². The topological polar surface area (TPSA) is 72.0 Å². The highest BCUT2D eigenvalue weighted by molar-refractivity contribution is 6.32. The van der Waals surface area contributed by atoms with Gasteiger partial charge in [-0.2, -0.15) is 5.10 Å². The van der Waals surface area contributed by atoms with E-state index in [2.05, 4.69) is 28.0 Å². The molecule has 0 radical (unpaired) electrons. The van der Waals surface area contributed by atoms with Crippen molar-refractivity contribution >= 4 is 29.4 Å². The number of nitrogens with zero attached hydrogens (tertiary/aromatic N) is 1. The van der Waals surface area contributed by atoms with E-state index in [0.29, 0.717) is 22.1 Å². The van der Waals surface area contributed by atoms with E-state index in [-0.39, 0.29) is 12.5 Å². The number of hydrogen-bond acceptors (Lipinski definition) is 5. The number of halogens is 1. The first kappa shape index (κ1) is 20.6. The van der Waals surface area contributed by atoms with Crippen LogP contribution in [-0.2, 0) is 4.79 Å². The number of aryl methyl sites for hydroxylation is 3. The van der Waals surface area contributed by atoms with Crippen LogP contribution in [-0.4, -0.2) is 32.9 Å². The van der Waals surface area contributed by atoms with Gasteiger partial charge < -0.3 is 14.8 Å². The molecule has 0 bridgehead atoms. The molecule has 27 heavy (non-hydrogen) atoms. The van der Waals surface area contributed by atoms with E-state index < -0.39 is 0 Å². The summed E-state index contributed by atoms with van der Waals surface area (Å²) >= 11 is 6.15. The van der Waals surface area contributed by atoms with Gasteiger partial charge in [0, 0.05) is 5.69 Å². The van der Waals surface area contributed by atoms with Gasteiger partial charge in [-0.15, -0.1) is 0 Å². The van der Waals surface area contributed by atoms with Crippen molar-refractivity contribution in [3.05, 3.63) is 51.5 Å². The second kappa shape index (κ2) is 9.28. The molecule has 0 aliphatic heterocycles. The van der Waals surface area contributed by atoms with E-state index in [1.807, 2.05) is 20.8 Å². The maximum Gasteiger partial charge on any atom is 0.259 e. The number of carbonyl (C=O) groups is 1. The Balaban J connectivity index is 1.97. The zero-order valence-electron chi connectivity index (χ0n) is 16.1. The standard InChI is InChI=1S/C20H24ClN3O3/c1-12-6-13(2)19(14(3)7-12)22-11-18(25)24-23-10-15-8-16(21)20(27-5)17(9-15)26-4/h6-10,22H,11H2,1-5H3,(H,24,25)/b23-10-. The average molecular weight is 390 g/mol. The Morgan fingerprint density at radius 3 is 2.37 bits per heavy atom. The van der Waals surface area contributed by atoms with E-state index in [0.717, 1.165) is 16.8 Å². The second-order valence-corrected chi connectivity index (χ2v) is 6.57. The highest BCUT2D eigenvalue weighted by Gasteiger charge is 2.10. The van der Waals surface area contributed by atoms with Crippen LogP contribution < -0.4 is 20.2 Å². The summed E-state index contributed by atoms with van der Waals surface area (Å²) in [6, 6.07) is 7.55. The number of hydrogen-bond donors (Lipinski definition) is 2. The van der Waals surface area contributed by atoms with Gasteiger partial charge in [0.1, 0.15) is 0 Å². The van der Waals surface area contributed by atoms with Crippen LogP contribution in [0.5, 0.6) is 11.5 Å². The summed E-state index contributed by atoms with van der Waals surface area (Å²) in [7, 11) is 3.04. The van der Waals surface area contributed by atoms with Crippen LogP contribution in [0.25, 0.3) is 0 Å². The van der Waals surface area contributed by atoms with Gasteiger partial charge in [-0.25, -0.2) is 5.43 Å². The molecular formula is C20H24ClN3O3. The minimum atomic E-state index is -0.253. The molecule has 0 aliphatic carbocycles. The maximum atomic E-state index is 12.0. The van der Waals surface area contributed by atoms with Crippen LogP contribution in [0.4, 0.5) is 5.69 Å². The van der Waals surface area contributed by atoms with E-state index in [9.17, 15) is 4.79 Å². The van der Waals surface area contributed by atoms with Crippen molar-refractivity contribution in [1.82, 2.24) is 5.43 Å². The van der Waals surface area contributed by atoms with Crippen molar-refractivity contribution in [2.45, 2.75) is 20.8 Å². The molecule has 7 heteroatoms. The molecule has 0 fully saturated rings. The van der Waals surface area contributed by atoms with E-state index in [1.165, 1.54) is 26.0 Å². The number of benzene rings is 2. The molecule has 1 amide bonds.